The van der Waals surface area contributed by atoms with Crippen molar-refractivity contribution in [2.75, 3.05) is 0 Å². The van der Waals surface area contributed by atoms with E-state index in [9.17, 15) is 30.4 Å². The summed E-state index contributed by atoms with van der Waals surface area (Å²) in [6.07, 6.45) is -8.21. The Balaban J connectivity index is 4.87. The average molecular weight is 233 g/mol. The van der Waals surface area contributed by atoms with Crippen LogP contribution in [0.2, 0.25) is 0 Å². The van der Waals surface area contributed by atoms with E-state index in [0.29, 0.717) is 0 Å². The van der Waals surface area contributed by atoms with Crippen molar-refractivity contribution in [1.82, 2.24) is 0 Å². The molecule has 0 spiro atoms. The third-order valence-corrected chi connectivity index (χ3v) is 2.36. The smallest absolute Gasteiger partial charge is 0.233 e. The maximum absolute atomic E-state index is 12.0. The van der Waals surface area contributed by atoms with Crippen LogP contribution in [0.5, 0.6) is 0 Å². The van der Waals surface area contributed by atoms with E-state index in [1.807, 2.05) is 0 Å². The fourth-order valence-corrected chi connectivity index (χ4v) is 0.908. The van der Waals surface area contributed by atoms with Crippen LogP contribution in [-0.4, -0.2) is 26.3 Å². The first kappa shape index (κ1) is 11.9. The molecule has 0 saturated heterocycles. The Kier molecular flexibility index (Phi) is 3.30. The summed E-state index contributed by atoms with van der Waals surface area (Å²) in [7, 11) is -1.65. The Labute approximate surface area is 68.7 Å². The molecule has 1 unspecified atom stereocenters. The second kappa shape index (κ2) is 3.33. The molecular weight excluding hydrogens is 231 g/mol. The number of hydrogen-bond donors (Lipinski definition) is 0. The fraction of sp³-hybridized carbons (Fsp3) is 1.00. The highest BCUT2D eigenvalue weighted by molar-refractivity contribution is 8.14. The van der Waals surface area contributed by atoms with E-state index >= 15 is 0 Å². The van der Waals surface area contributed by atoms with Gasteiger partial charge in [0.1, 0.15) is 0 Å². The lowest BCUT2D eigenvalue weighted by molar-refractivity contribution is -0.0717. The summed E-state index contributed by atoms with van der Waals surface area (Å²) < 4.78 is 78.1. The molecule has 12 heavy (non-hydrogen) atoms. The van der Waals surface area contributed by atoms with Gasteiger partial charge in [-0.1, -0.05) is 0 Å². The minimum absolute atomic E-state index is 4.01. The number of halogens is 6. The van der Waals surface area contributed by atoms with Crippen molar-refractivity contribution in [3.05, 3.63) is 0 Å². The second-order valence-corrected chi connectivity index (χ2v) is 4.37. The van der Waals surface area contributed by atoms with Crippen molar-refractivity contribution in [3.8, 4) is 0 Å². The van der Waals surface area contributed by atoms with Gasteiger partial charge in [0.15, 0.2) is 0 Å². The van der Waals surface area contributed by atoms with E-state index in [-0.39, 0.29) is 0 Å². The lowest BCUT2D eigenvalue weighted by Crippen LogP contribution is -2.40. The fourth-order valence-electron chi connectivity index (χ4n) is 0.281. The highest BCUT2D eigenvalue weighted by Gasteiger charge is 2.56. The lowest BCUT2D eigenvalue weighted by atomic mass is 10.4. The SMILES string of the molecule is O=S(=O)(Cl)C(F)(F)C(F)C(F)F. The van der Waals surface area contributed by atoms with Crippen LogP contribution >= 0.6 is 10.7 Å². The first-order valence-electron chi connectivity index (χ1n) is 2.35. The highest BCUT2D eigenvalue weighted by atomic mass is 35.7. The van der Waals surface area contributed by atoms with Crippen molar-refractivity contribution in [1.29, 1.82) is 0 Å². The van der Waals surface area contributed by atoms with E-state index in [1.165, 1.54) is 0 Å². The maximum atomic E-state index is 12.0. The molecular formula is C3H2ClF5O2S. The van der Waals surface area contributed by atoms with Crippen LogP contribution in [-0.2, 0) is 9.05 Å². The zero-order valence-electron chi connectivity index (χ0n) is 5.15. The average Bonchev–Trinajstić information content (AvgIpc) is 1.83. The third kappa shape index (κ3) is 2.19. The minimum Gasteiger partial charge on any atom is -0.233 e. The zero-order valence-corrected chi connectivity index (χ0v) is 6.72. The predicted octanol–water partition coefficient (Wildman–Crippen LogP) is 1.75. The summed E-state index contributed by atoms with van der Waals surface area (Å²) in [5, 5.41) is -5.26. The topological polar surface area (TPSA) is 34.1 Å². The molecule has 0 amide bonds. The van der Waals surface area contributed by atoms with Gasteiger partial charge in [0.2, 0.25) is 6.17 Å². The Bertz CT molecular complexity index is 249. The van der Waals surface area contributed by atoms with Crippen molar-refractivity contribution >= 4 is 19.7 Å². The predicted molar refractivity (Wildman–Crippen MR) is 30.6 cm³/mol. The number of rotatable bonds is 3. The summed E-state index contributed by atoms with van der Waals surface area (Å²) in [5.41, 5.74) is 0. The van der Waals surface area contributed by atoms with Crippen LogP contribution < -0.4 is 0 Å². The summed E-state index contributed by atoms with van der Waals surface area (Å²) in [4.78, 5) is 0. The minimum atomic E-state index is -5.66. The van der Waals surface area contributed by atoms with Gasteiger partial charge in [-0.15, -0.1) is 0 Å². The molecule has 1 atom stereocenters. The number of alkyl halides is 5. The first-order chi connectivity index (χ1) is 5.10. The molecule has 0 rings (SSSR count). The summed E-state index contributed by atoms with van der Waals surface area (Å²) in [6, 6.07) is 0. The van der Waals surface area contributed by atoms with Crippen LogP contribution in [0.3, 0.4) is 0 Å². The molecule has 0 aromatic carbocycles. The summed E-state index contributed by atoms with van der Waals surface area (Å²) in [5.74, 6) is 0. The normalized spacial score (nSPS) is 16.6. The van der Waals surface area contributed by atoms with E-state index < -0.39 is 26.9 Å². The molecule has 0 aromatic heterocycles. The van der Waals surface area contributed by atoms with Crippen LogP contribution in [0, 0.1) is 0 Å². The molecule has 0 aliphatic heterocycles. The standard InChI is InChI=1S/C3H2ClF5O2S/c4-12(10,11)3(8,9)1(5)2(6)7/h1-2H. The molecule has 0 aromatic rings. The van der Waals surface area contributed by atoms with Gasteiger partial charge in [0.05, 0.1) is 0 Å². The van der Waals surface area contributed by atoms with E-state index in [0.717, 1.165) is 0 Å². The molecule has 0 aliphatic rings. The Hall–Kier alpha value is -0.110. The van der Waals surface area contributed by atoms with Crippen LogP contribution in [0.15, 0.2) is 0 Å². The third-order valence-electron chi connectivity index (χ3n) is 0.867. The van der Waals surface area contributed by atoms with E-state index in [1.54, 1.807) is 0 Å². The van der Waals surface area contributed by atoms with Gasteiger partial charge >= 0.3 is 14.3 Å². The summed E-state index contributed by atoms with van der Waals surface area (Å²) in [6.45, 7) is 0. The van der Waals surface area contributed by atoms with Gasteiger partial charge < -0.3 is 0 Å². The quantitative estimate of drug-likeness (QED) is 0.549. The number of hydrogen-bond acceptors (Lipinski definition) is 2. The van der Waals surface area contributed by atoms with Gasteiger partial charge in [0, 0.05) is 10.7 Å². The van der Waals surface area contributed by atoms with Crippen molar-refractivity contribution < 1.29 is 30.4 Å². The van der Waals surface area contributed by atoms with Crippen LogP contribution in [0.25, 0.3) is 0 Å². The molecule has 9 heteroatoms. The van der Waals surface area contributed by atoms with Crippen molar-refractivity contribution in [2.45, 2.75) is 17.9 Å². The molecule has 0 saturated carbocycles. The Morgan fingerprint density at radius 2 is 1.50 bits per heavy atom. The lowest BCUT2D eigenvalue weighted by Gasteiger charge is -2.15. The molecule has 0 bridgehead atoms. The summed E-state index contributed by atoms with van der Waals surface area (Å²) >= 11 is 0. The maximum Gasteiger partial charge on any atom is 0.395 e. The second-order valence-electron chi connectivity index (χ2n) is 1.74. The van der Waals surface area contributed by atoms with Gasteiger partial charge in [-0.3, -0.25) is 0 Å². The molecule has 0 heterocycles. The molecule has 0 radical (unpaired) electrons. The van der Waals surface area contributed by atoms with E-state index in [2.05, 4.69) is 10.7 Å². The Morgan fingerprint density at radius 3 is 1.58 bits per heavy atom. The molecule has 0 fully saturated rings. The van der Waals surface area contributed by atoms with Gasteiger partial charge in [-0.05, 0) is 0 Å². The van der Waals surface area contributed by atoms with Crippen molar-refractivity contribution in [2.24, 2.45) is 0 Å². The molecule has 0 aliphatic carbocycles. The van der Waals surface area contributed by atoms with Gasteiger partial charge in [-0.2, -0.15) is 8.78 Å². The molecule has 0 N–H and O–H groups in total. The highest BCUT2D eigenvalue weighted by Crippen LogP contribution is 2.34. The molecule has 74 valence electrons. The molecule has 2 nitrogen and oxygen atoms in total. The van der Waals surface area contributed by atoms with Crippen LogP contribution in [0.1, 0.15) is 0 Å². The van der Waals surface area contributed by atoms with E-state index in [4.69, 9.17) is 0 Å². The Morgan fingerprint density at radius 1 is 1.17 bits per heavy atom. The van der Waals surface area contributed by atoms with Gasteiger partial charge in [0.25, 0.3) is 6.43 Å². The monoisotopic (exact) mass is 232 g/mol. The van der Waals surface area contributed by atoms with Crippen molar-refractivity contribution in [3.63, 3.8) is 0 Å². The first-order valence-corrected chi connectivity index (χ1v) is 4.66. The zero-order chi connectivity index (χ0) is 10.2. The van der Waals surface area contributed by atoms with Crippen LogP contribution in [0.4, 0.5) is 22.0 Å². The van der Waals surface area contributed by atoms with Gasteiger partial charge in [-0.25, -0.2) is 21.6 Å². The largest absolute Gasteiger partial charge is 0.395 e.